The topological polar surface area (TPSA) is 78.4 Å². The molecule has 2 fully saturated rings. The third kappa shape index (κ3) is 5.37. The number of amidine groups is 1. The van der Waals surface area contributed by atoms with Crippen molar-refractivity contribution >= 4 is 40.2 Å². The summed E-state index contributed by atoms with van der Waals surface area (Å²) in [4.78, 5) is 7.97. The predicted molar refractivity (Wildman–Crippen MR) is 154 cm³/mol. The van der Waals surface area contributed by atoms with Crippen LogP contribution in [0.1, 0.15) is 47.1 Å². The monoisotopic (exact) mass is 612 g/mol. The van der Waals surface area contributed by atoms with E-state index in [4.69, 9.17) is 17.5 Å². The Hall–Kier alpha value is -4.62. The lowest BCUT2D eigenvalue weighted by Gasteiger charge is -2.45. The molecule has 0 amide bonds. The van der Waals surface area contributed by atoms with Gasteiger partial charge in [0.05, 0.1) is 40.1 Å². The van der Waals surface area contributed by atoms with Crippen LogP contribution in [0.3, 0.4) is 0 Å². The molecule has 2 aliphatic rings. The van der Waals surface area contributed by atoms with Crippen molar-refractivity contribution in [3.63, 3.8) is 0 Å². The molecule has 1 heterocycles. The Balaban J connectivity index is 1.59. The second kappa shape index (κ2) is 10.9. The van der Waals surface area contributed by atoms with E-state index in [9.17, 15) is 31.6 Å². The minimum atomic E-state index is -4.81. The number of hydrogen-bond acceptors (Lipinski definition) is 5. The van der Waals surface area contributed by atoms with E-state index in [1.54, 1.807) is 6.07 Å². The van der Waals surface area contributed by atoms with E-state index in [2.05, 4.69) is 10.3 Å². The number of rotatable bonds is 5. The largest absolute Gasteiger partial charge is 0.417 e. The standard InChI is InChI=1S/C30H22F6N6S/c1-18-3-8-22(9-4-18)42-27(43)41(23-10-6-20(16-38)25(14-23)30(34,35)36)26(28(42)11-2-12-28)40-17-39-21-7-5-19(15-37)24(13-21)29(31,32)33/h3-10,13-14,39H,2,11-12,17H2,1H3/b40-26+. The van der Waals surface area contributed by atoms with Crippen LogP contribution in [-0.2, 0) is 12.4 Å². The van der Waals surface area contributed by atoms with E-state index in [0.717, 1.165) is 36.2 Å². The molecular weight excluding hydrogens is 590 g/mol. The van der Waals surface area contributed by atoms with Crippen molar-refractivity contribution in [2.75, 3.05) is 21.8 Å². The van der Waals surface area contributed by atoms with Crippen molar-refractivity contribution in [2.24, 2.45) is 4.99 Å². The first-order valence-electron chi connectivity index (χ1n) is 13.0. The van der Waals surface area contributed by atoms with Gasteiger partial charge in [-0.2, -0.15) is 36.9 Å². The Morgan fingerprint density at radius 1 is 0.860 bits per heavy atom. The number of thiocarbonyl (C=S) groups is 1. The molecule has 3 aromatic carbocycles. The molecule has 1 saturated heterocycles. The third-order valence-electron chi connectivity index (χ3n) is 7.56. The molecule has 0 radical (unpaired) electrons. The van der Waals surface area contributed by atoms with Gasteiger partial charge in [0.2, 0.25) is 0 Å². The molecule has 1 spiro atoms. The lowest BCUT2D eigenvalue weighted by atomic mass is 9.74. The van der Waals surface area contributed by atoms with Gasteiger partial charge >= 0.3 is 12.4 Å². The number of aryl methyl sites for hydroxylation is 1. The van der Waals surface area contributed by atoms with Gasteiger partial charge in [0, 0.05) is 11.4 Å². The minimum absolute atomic E-state index is 0.0497. The van der Waals surface area contributed by atoms with Gasteiger partial charge in [-0.3, -0.25) is 4.90 Å². The van der Waals surface area contributed by atoms with Gasteiger partial charge in [0.25, 0.3) is 0 Å². The maximum absolute atomic E-state index is 13.9. The Kier molecular flexibility index (Phi) is 7.57. The van der Waals surface area contributed by atoms with Crippen LogP contribution in [0.5, 0.6) is 0 Å². The molecule has 0 bridgehead atoms. The van der Waals surface area contributed by atoms with E-state index >= 15 is 0 Å². The van der Waals surface area contributed by atoms with Crippen molar-refractivity contribution < 1.29 is 26.3 Å². The molecule has 5 rings (SSSR count). The molecule has 1 aliphatic carbocycles. The minimum Gasteiger partial charge on any atom is -0.366 e. The molecule has 1 aliphatic heterocycles. The molecule has 0 unspecified atom stereocenters. The summed E-state index contributed by atoms with van der Waals surface area (Å²) >= 11 is 5.86. The molecule has 1 saturated carbocycles. The molecular formula is C30H22F6N6S. The fraction of sp³-hybridized carbons (Fsp3) is 0.267. The summed E-state index contributed by atoms with van der Waals surface area (Å²) in [5.41, 5.74) is -2.29. The lowest BCUT2D eigenvalue weighted by Crippen LogP contribution is -2.55. The molecule has 220 valence electrons. The van der Waals surface area contributed by atoms with Crippen molar-refractivity contribution in [2.45, 2.75) is 44.1 Å². The number of benzene rings is 3. The number of alkyl halides is 6. The number of nitrogens with one attached hydrogen (secondary N) is 1. The Morgan fingerprint density at radius 3 is 1.95 bits per heavy atom. The van der Waals surface area contributed by atoms with Gasteiger partial charge in [-0.05, 0) is 86.9 Å². The highest BCUT2D eigenvalue weighted by Crippen LogP contribution is 2.49. The Bertz CT molecular complexity index is 1690. The van der Waals surface area contributed by atoms with E-state index < -0.39 is 40.1 Å². The van der Waals surface area contributed by atoms with Crippen molar-refractivity contribution in [1.29, 1.82) is 10.5 Å². The predicted octanol–water partition coefficient (Wildman–Crippen LogP) is 7.78. The zero-order chi connectivity index (χ0) is 31.2. The summed E-state index contributed by atoms with van der Waals surface area (Å²) in [7, 11) is 0. The summed E-state index contributed by atoms with van der Waals surface area (Å²) in [6, 6.07) is 17.1. The van der Waals surface area contributed by atoms with Crippen LogP contribution in [0.25, 0.3) is 0 Å². The normalized spacial score (nSPS) is 17.1. The number of nitriles is 2. The average molecular weight is 613 g/mol. The maximum Gasteiger partial charge on any atom is 0.417 e. The van der Waals surface area contributed by atoms with Crippen LogP contribution >= 0.6 is 12.2 Å². The van der Waals surface area contributed by atoms with Gasteiger partial charge < -0.3 is 10.2 Å². The van der Waals surface area contributed by atoms with Gasteiger partial charge in [0.1, 0.15) is 18.0 Å². The highest BCUT2D eigenvalue weighted by molar-refractivity contribution is 7.81. The van der Waals surface area contributed by atoms with Crippen LogP contribution in [0.15, 0.2) is 65.7 Å². The third-order valence-corrected chi connectivity index (χ3v) is 7.92. The molecule has 3 aromatic rings. The second-order valence-electron chi connectivity index (χ2n) is 10.2. The molecule has 13 heteroatoms. The van der Waals surface area contributed by atoms with Gasteiger partial charge in [0.15, 0.2) is 5.11 Å². The quantitative estimate of drug-likeness (QED) is 0.234. The van der Waals surface area contributed by atoms with E-state index in [1.165, 1.54) is 23.1 Å². The average Bonchev–Trinajstić information content (AvgIpc) is 3.20. The van der Waals surface area contributed by atoms with Crippen LogP contribution in [0, 0.1) is 29.6 Å². The number of nitrogens with zero attached hydrogens (tertiary/aromatic N) is 5. The van der Waals surface area contributed by atoms with Gasteiger partial charge in [-0.15, -0.1) is 0 Å². The summed E-state index contributed by atoms with van der Waals surface area (Å²) in [6.07, 6.45) is -7.62. The van der Waals surface area contributed by atoms with Crippen LogP contribution < -0.4 is 15.1 Å². The van der Waals surface area contributed by atoms with Gasteiger partial charge in [-0.25, -0.2) is 4.99 Å². The zero-order valence-electron chi connectivity index (χ0n) is 22.5. The van der Waals surface area contributed by atoms with Crippen LogP contribution in [0.4, 0.5) is 43.4 Å². The number of hydrogen-bond donors (Lipinski definition) is 1. The first kappa shape index (κ1) is 29.9. The lowest BCUT2D eigenvalue weighted by molar-refractivity contribution is -0.138. The Morgan fingerprint density at radius 2 is 1.42 bits per heavy atom. The SMILES string of the molecule is Cc1ccc(N2C(=S)N(c3ccc(C#N)c(C(F)(F)F)c3)/C(=N/CNc3ccc(C#N)c(C(F)(F)F)c3)C23CCC3)cc1. The van der Waals surface area contributed by atoms with Crippen LogP contribution in [0.2, 0.25) is 0 Å². The number of halogens is 6. The fourth-order valence-corrected chi connectivity index (χ4v) is 5.81. The van der Waals surface area contributed by atoms with E-state index in [-0.39, 0.29) is 23.2 Å². The van der Waals surface area contributed by atoms with Crippen molar-refractivity contribution in [3.8, 4) is 12.1 Å². The van der Waals surface area contributed by atoms with E-state index in [0.29, 0.717) is 24.4 Å². The smallest absolute Gasteiger partial charge is 0.366 e. The molecule has 0 aromatic heterocycles. The molecule has 43 heavy (non-hydrogen) atoms. The number of aliphatic imine (C=N–C) groups is 1. The van der Waals surface area contributed by atoms with Crippen molar-refractivity contribution in [1.82, 2.24) is 0 Å². The maximum atomic E-state index is 13.9. The summed E-state index contributed by atoms with van der Waals surface area (Å²) in [6.45, 7) is 1.68. The van der Waals surface area contributed by atoms with E-state index in [1.807, 2.05) is 36.1 Å². The first-order chi connectivity index (χ1) is 20.3. The van der Waals surface area contributed by atoms with Gasteiger partial charge in [-0.1, -0.05) is 17.7 Å². The first-order valence-corrected chi connectivity index (χ1v) is 13.4. The second-order valence-corrected chi connectivity index (χ2v) is 10.6. The van der Waals surface area contributed by atoms with Crippen LogP contribution in [-0.4, -0.2) is 23.2 Å². The molecule has 6 nitrogen and oxygen atoms in total. The summed E-state index contributed by atoms with van der Waals surface area (Å²) in [5, 5.41) is 21.4. The highest BCUT2D eigenvalue weighted by Gasteiger charge is 2.57. The molecule has 1 N–H and O–H groups in total. The molecule has 0 atom stereocenters. The Labute approximate surface area is 248 Å². The summed E-state index contributed by atoms with van der Waals surface area (Å²) in [5.74, 6) is 0.333. The number of anilines is 3. The fourth-order valence-electron chi connectivity index (χ4n) is 5.34. The zero-order valence-corrected chi connectivity index (χ0v) is 23.3. The summed E-state index contributed by atoms with van der Waals surface area (Å²) < 4.78 is 82.2. The van der Waals surface area contributed by atoms with Crippen molar-refractivity contribution in [3.05, 3.63) is 88.5 Å². The highest BCUT2D eigenvalue weighted by atomic mass is 32.1.